The molecule has 0 bridgehead atoms. The zero-order valence-corrected chi connectivity index (χ0v) is 7.10. The Labute approximate surface area is 74.0 Å². The van der Waals surface area contributed by atoms with E-state index in [1.165, 1.54) is 12.1 Å². The summed E-state index contributed by atoms with van der Waals surface area (Å²) in [5.74, 6) is -0.300. The molecule has 0 aliphatic carbocycles. The number of hydrogen-bond donors (Lipinski definition) is 1. The number of benzene rings is 1. The Bertz CT molecular complexity index is 516. The third kappa shape index (κ3) is 1.22. The van der Waals surface area contributed by atoms with Gasteiger partial charge in [0.1, 0.15) is 5.82 Å². The smallest absolute Gasteiger partial charge is 0.248 e. The Morgan fingerprint density at radius 2 is 2.15 bits per heavy atom. The van der Waals surface area contributed by atoms with E-state index in [4.69, 9.17) is 0 Å². The Hall–Kier alpha value is -1.64. The van der Waals surface area contributed by atoms with Gasteiger partial charge in [0, 0.05) is 17.1 Å². The molecule has 13 heavy (non-hydrogen) atoms. The molecule has 0 aliphatic heterocycles. The summed E-state index contributed by atoms with van der Waals surface area (Å²) in [4.78, 5) is 13.6. The van der Waals surface area contributed by atoms with Crippen molar-refractivity contribution in [2.24, 2.45) is 0 Å². The standard InChI is InChI=1S/C10H8FNO/c1-6-10-7(5-9(13)12-6)3-2-4-8(10)11/h2-5H,1H3,(H,12,13). The lowest BCUT2D eigenvalue weighted by molar-refractivity contribution is 0.638. The highest BCUT2D eigenvalue weighted by Gasteiger charge is 2.03. The lowest BCUT2D eigenvalue weighted by Crippen LogP contribution is -2.05. The molecule has 0 atom stereocenters. The molecule has 1 aromatic carbocycles. The maximum atomic E-state index is 13.3. The summed E-state index contributed by atoms with van der Waals surface area (Å²) in [6, 6.07) is 6.09. The molecule has 66 valence electrons. The molecule has 0 unspecified atom stereocenters. The van der Waals surface area contributed by atoms with Crippen molar-refractivity contribution in [1.29, 1.82) is 0 Å². The van der Waals surface area contributed by atoms with Crippen LogP contribution in [0.25, 0.3) is 10.8 Å². The molecule has 0 saturated carbocycles. The van der Waals surface area contributed by atoms with Crippen LogP contribution >= 0.6 is 0 Å². The predicted molar refractivity (Wildman–Crippen MR) is 49.3 cm³/mol. The minimum Gasteiger partial charge on any atom is -0.326 e. The quantitative estimate of drug-likeness (QED) is 0.655. The van der Waals surface area contributed by atoms with Gasteiger partial charge in [-0.15, -0.1) is 0 Å². The second kappa shape index (κ2) is 2.69. The third-order valence-corrected chi connectivity index (χ3v) is 2.02. The molecule has 1 heterocycles. The second-order valence-electron chi connectivity index (χ2n) is 2.96. The number of nitrogens with one attached hydrogen (secondary N) is 1. The third-order valence-electron chi connectivity index (χ3n) is 2.02. The summed E-state index contributed by atoms with van der Waals surface area (Å²) >= 11 is 0. The Kier molecular flexibility index (Phi) is 1.65. The topological polar surface area (TPSA) is 32.9 Å². The number of fused-ring (bicyclic) bond motifs is 1. The van der Waals surface area contributed by atoms with Gasteiger partial charge in [0.25, 0.3) is 0 Å². The number of hydrogen-bond acceptors (Lipinski definition) is 1. The van der Waals surface area contributed by atoms with Gasteiger partial charge in [-0.05, 0) is 18.4 Å². The first kappa shape index (κ1) is 7.98. The van der Waals surface area contributed by atoms with E-state index >= 15 is 0 Å². The van der Waals surface area contributed by atoms with Crippen molar-refractivity contribution in [3.63, 3.8) is 0 Å². The van der Waals surface area contributed by atoms with Gasteiger partial charge >= 0.3 is 0 Å². The fraction of sp³-hybridized carbons (Fsp3) is 0.100. The molecule has 3 heteroatoms. The zero-order valence-electron chi connectivity index (χ0n) is 7.10. The average molecular weight is 177 g/mol. The maximum absolute atomic E-state index is 13.3. The molecule has 1 N–H and O–H groups in total. The number of aromatic amines is 1. The van der Waals surface area contributed by atoms with E-state index in [1.54, 1.807) is 19.1 Å². The average Bonchev–Trinajstić information content (AvgIpc) is 2.02. The van der Waals surface area contributed by atoms with Crippen LogP contribution in [0, 0.1) is 12.7 Å². The van der Waals surface area contributed by atoms with Crippen molar-refractivity contribution in [2.75, 3.05) is 0 Å². The first-order valence-corrected chi connectivity index (χ1v) is 3.96. The maximum Gasteiger partial charge on any atom is 0.248 e. The van der Waals surface area contributed by atoms with E-state index in [0.717, 1.165) is 0 Å². The fourth-order valence-electron chi connectivity index (χ4n) is 1.48. The molecule has 0 amide bonds. The van der Waals surface area contributed by atoms with Crippen molar-refractivity contribution in [2.45, 2.75) is 6.92 Å². The van der Waals surface area contributed by atoms with Crippen molar-refractivity contribution < 1.29 is 4.39 Å². The van der Waals surface area contributed by atoms with Crippen LogP contribution in [-0.4, -0.2) is 4.98 Å². The van der Waals surface area contributed by atoms with E-state index in [2.05, 4.69) is 4.98 Å². The summed E-state index contributed by atoms with van der Waals surface area (Å²) in [6.07, 6.45) is 0. The summed E-state index contributed by atoms with van der Waals surface area (Å²) in [6.45, 7) is 1.69. The second-order valence-corrected chi connectivity index (χ2v) is 2.96. The Morgan fingerprint density at radius 1 is 1.38 bits per heavy atom. The minimum absolute atomic E-state index is 0.199. The predicted octanol–water partition coefficient (Wildman–Crippen LogP) is 1.98. The van der Waals surface area contributed by atoms with Gasteiger partial charge in [-0.1, -0.05) is 12.1 Å². The number of pyridine rings is 1. The molecule has 0 aliphatic rings. The molecule has 0 radical (unpaired) electrons. The summed E-state index contributed by atoms with van der Waals surface area (Å²) in [5, 5.41) is 1.13. The molecule has 0 spiro atoms. The molecule has 1 aromatic heterocycles. The first-order chi connectivity index (χ1) is 6.18. The van der Waals surface area contributed by atoms with Gasteiger partial charge < -0.3 is 4.98 Å². The van der Waals surface area contributed by atoms with Gasteiger partial charge in [0.15, 0.2) is 0 Å². The van der Waals surface area contributed by atoms with Gasteiger partial charge in [0.2, 0.25) is 5.56 Å². The lowest BCUT2D eigenvalue weighted by atomic mass is 10.1. The Balaban J connectivity index is 3.03. The van der Waals surface area contributed by atoms with E-state index in [-0.39, 0.29) is 11.4 Å². The van der Waals surface area contributed by atoms with Crippen LogP contribution in [0.5, 0.6) is 0 Å². The van der Waals surface area contributed by atoms with Crippen LogP contribution in [-0.2, 0) is 0 Å². The number of aromatic nitrogens is 1. The summed E-state index contributed by atoms with van der Waals surface area (Å²) < 4.78 is 13.3. The van der Waals surface area contributed by atoms with Crippen molar-refractivity contribution in [3.8, 4) is 0 Å². The van der Waals surface area contributed by atoms with Gasteiger partial charge in [-0.2, -0.15) is 0 Å². The molecular weight excluding hydrogens is 169 g/mol. The van der Waals surface area contributed by atoms with Crippen molar-refractivity contribution in [1.82, 2.24) is 4.98 Å². The molecule has 2 aromatic rings. The monoisotopic (exact) mass is 177 g/mol. The largest absolute Gasteiger partial charge is 0.326 e. The number of rotatable bonds is 0. The molecule has 2 rings (SSSR count). The highest BCUT2D eigenvalue weighted by atomic mass is 19.1. The summed E-state index contributed by atoms with van der Waals surface area (Å²) in [7, 11) is 0. The van der Waals surface area contributed by atoms with E-state index < -0.39 is 0 Å². The van der Waals surface area contributed by atoms with Crippen LogP contribution in [0.1, 0.15) is 5.69 Å². The van der Waals surface area contributed by atoms with Crippen LogP contribution in [0.2, 0.25) is 0 Å². The lowest BCUT2D eigenvalue weighted by Gasteiger charge is -2.01. The molecule has 0 fully saturated rings. The zero-order chi connectivity index (χ0) is 9.42. The van der Waals surface area contributed by atoms with Crippen molar-refractivity contribution in [3.05, 3.63) is 46.1 Å². The minimum atomic E-state index is -0.300. The van der Waals surface area contributed by atoms with Crippen LogP contribution in [0.15, 0.2) is 29.1 Å². The highest BCUT2D eigenvalue weighted by molar-refractivity contribution is 5.84. The normalized spacial score (nSPS) is 10.6. The number of aryl methyl sites for hydroxylation is 1. The summed E-state index contributed by atoms with van der Waals surface area (Å²) in [5.41, 5.74) is 0.371. The SMILES string of the molecule is Cc1[nH]c(=O)cc2cccc(F)c12. The Morgan fingerprint density at radius 3 is 2.92 bits per heavy atom. The molecule has 0 saturated heterocycles. The first-order valence-electron chi connectivity index (χ1n) is 3.96. The highest BCUT2D eigenvalue weighted by Crippen LogP contribution is 2.17. The van der Waals surface area contributed by atoms with Gasteiger partial charge in [-0.25, -0.2) is 4.39 Å². The van der Waals surface area contributed by atoms with Crippen LogP contribution in [0.4, 0.5) is 4.39 Å². The van der Waals surface area contributed by atoms with E-state index in [1.807, 2.05) is 0 Å². The van der Waals surface area contributed by atoms with Gasteiger partial charge in [0.05, 0.1) is 0 Å². The van der Waals surface area contributed by atoms with Crippen LogP contribution < -0.4 is 5.56 Å². The number of H-pyrrole nitrogens is 1. The van der Waals surface area contributed by atoms with E-state index in [9.17, 15) is 9.18 Å². The molecular formula is C10H8FNO. The fourth-order valence-corrected chi connectivity index (χ4v) is 1.48. The number of halogens is 1. The van der Waals surface area contributed by atoms with Gasteiger partial charge in [-0.3, -0.25) is 4.79 Å². The molecule has 2 nitrogen and oxygen atoms in total. The van der Waals surface area contributed by atoms with E-state index in [0.29, 0.717) is 16.5 Å². The van der Waals surface area contributed by atoms with Crippen LogP contribution in [0.3, 0.4) is 0 Å². The van der Waals surface area contributed by atoms with Crippen molar-refractivity contribution >= 4 is 10.8 Å².